The van der Waals surface area contributed by atoms with Gasteiger partial charge in [-0.25, -0.2) is 12.7 Å². The number of unbranched alkanes of at least 4 members (excludes halogenated alkanes) is 1. The molecular formula is C14H26N2O4S. The van der Waals surface area contributed by atoms with E-state index in [1.807, 2.05) is 11.8 Å². The van der Waals surface area contributed by atoms with Gasteiger partial charge >= 0.3 is 0 Å². The predicted octanol–water partition coefficient (Wildman–Crippen LogP) is 0.687. The summed E-state index contributed by atoms with van der Waals surface area (Å²) >= 11 is 0. The lowest BCUT2D eigenvalue weighted by atomic mass is 9.96. The first-order valence-corrected chi connectivity index (χ1v) is 9.50. The van der Waals surface area contributed by atoms with E-state index in [2.05, 4.69) is 0 Å². The summed E-state index contributed by atoms with van der Waals surface area (Å²) in [5, 5.41) is 0. The summed E-state index contributed by atoms with van der Waals surface area (Å²) in [5.41, 5.74) is 0. The molecule has 2 aliphatic rings. The summed E-state index contributed by atoms with van der Waals surface area (Å²) in [7, 11) is -3.13. The highest BCUT2D eigenvalue weighted by atomic mass is 32.2. The van der Waals surface area contributed by atoms with Crippen molar-refractivity contribution in [3.63, 3.8) is 0 Å². The highest BCUT2D eigenvalue weighted by molar-refractivity contribution is 7.89. The minimum Gasteiger partial charge on any atom is -0.378 e. The molecule has 0 aromatic heterocycles. The molecule has 2 fully saturated rings. The molecule has 0 unspecified atom stereocenters. The van der Waals surface area contributed by atoms with Crippen LogP contribution >= 0.6 is 0 Å². The molecule has 0 aromatic carbocycles. The van der Waals surface area contributed by atoms with E-state index in [0.717, 1.165) is 6.42 Å². The van der Waals surface area contributed by atoms with Crippen LogP contribution in [0.25, 0.3) is 0 Å². The van der Waals surface area contributed by atoms with Crippen LogP contribution in [0.3, 0.4) is 0 Å². The van der Waals surface area contributed by atoms with E-state index in [9.17, 15) is 13.2 Å². The molecule has 2 rings (SSSR count). The molecule has 0 aromatic rings. The molecule has 6 nitrogen and oxygen atoms in total. The number of hydrogen-bond donors (Lipinski definition) is 0. The molecule has 0 bridgehead atoms. The van der Waals surface area contributed by atoms with Crippen LogP contribution < -0.4 is 0 Å². The minimum atomic E-state index is -3.13. The van der Waals surface area contributed by atoms with Crippen LogP contribution in [-0.4, -0.2) is 68.7 Å². The third kappa shape index (κ3) is 4.40. The monoisotopic (exact) mass is 318 g/mol. The Morgan fingerprint density at radius 1 is 1.14 bits per heavy atom. The number of hydrogen-bond acceptors (Lipinski definition) is 4. The van der Waals surface area contributed by atoms with Crippen LogP contribution in [-0.2, 0) is 19.6 Å². The third-order valence-electron chi connectivity index (χ3n) is 4.28. The van der Waals surface area contributed by atoms with E-state index in [-0.39, 0.29) is 17.6 Å². The minimum absolute atomic E-state index is 0.0271. The Bertz CT molecular complexity index is 438. The first-order chi connectivity index (χ1) is 10.0. The lowest BCUT2D eigenvalue weighted by molar-refractivity contribution is -0.140. The molecule has 2 saturated heterocycles. The maximum absolute atomic E-state index is 12.4. The normalized spacial score (nSPS) is 22.4. The molecule has 0 N–H and O–H groups in total. The number of piperidine rings is 1. The molecule has 2 aliphatic heterocycles. The average Bonchev–Trinajstić information content (AvgIpc) is 2.53. The molecular weight excluding hydrogens is 292 g/mol. The van der Waals surface area contributed by atoms with Crippen molar-refractivity contribution < 1.29 is 17.9 Å². The van der Waals surface area contributed by atoms with Crippen molar-refractivity contribution in [1.82, 2.24) is 9.21 Å². The van der Waals surface area contributed by atoms with Gasteiger partial charge in [-0.3, -0.25) is 4.79 Å². The van der Waals surface area contributed by atoms with Gasteiger partial charge in [0.25, 0.3) is 0 Å². The lowest BCUT2D eigenvalue weighted by Crippen LogP contribution is -2.47. The first-order valence-electron chi connectivity index (χ1n) is 7.89. The van der Waals surface area contributed by atoms with Crippen molar-refractivity contribution in [2.24, 2.45) is 5.92 Å². The van der Waals surface area contributed by atoms with Crippen molar-refractivity contribution in [1.29, 1.82) is 0 Å². The molecule has 0 atom stereocenters. The molecule has 0 saturated carbocycles. The van der Waals surface area contributed by atoms with Crippen LogP contribution in [0.5, 0.6) is 0 Å². The van der Waals surface area contributed by atoms with Crippen LogP contribution in [0.15, 0.2) is 0 Å². The maximum Gasteiger partial charge on any atom is 0.225 e. The zero-order valence-corrected chi connectivity index (χ0v) is 13.6. The SMILES string of the molecule is CCCCS(=O)(=O)N1CCC(C(=O)N2CCOCC2)CC1. The second-order valence-electron chi connectivity index (χ2n) is 5.78. The van der Waals surface area contributed by atoms with Crippen molar-refractivity contribution in [3.8, 4) is 0 Å². The Morgan fingerprint density at radius 2 is 1.76 bits per heavy atom. The first kappa shape index (κ1) is 16.7. The zero-order valence-electron chi connectivity index (χ0n) is 12.8. The number of carbonyl (C=O) groups excluding carboxylic acids is 1. The Kier molecular flexibility index (Phi) is 6.01. The smallest absolute Gasteiger partial charge is 0.225 e. The molecule has 7 heteroatoms. The van der Waals surface area contributed by atoms with E-state index in [4.69, 9.17) is 4.74 Å². The van der Waals surface area contributed by atoms with Gasteiger partial charge in [0.2, 0.25) is 15.9 Å². The van der Waals surface area contributed by atoms with E-state index in [1.165, 1.54) is 0 Å². The fourth-order valence-electron chi connectivity index (χ4n) is 2.88. The van der Waals surface area contributed by atoms with Gasteiger partial charge in [-0.2, -0.15) is 0 Å². The molecule has 0 radical (unpaired) electrons. The van der Waals surface area contributed by atoms with Crippen LogP contribution in [0.4, 0.5) is 0 Å². The quantitative estimate of drug-likeness (QED) is 0.748. The topological polar surface area (TPSA) is 66.9 Å². The third-order valence-corrected chi connectivity index (χ3v) is 6.23. The van der Waals surface area contributed by atoms with Gasteiger partial charge < -0.3 is 9.64 Å². The number of carbonyl (C=O) groups is 1. The summed E-state index contributed by atoms with van der Waals surface area (Å²) in [6.07, 6.45) is 2.86. The molecule has 0 aliphatic carbocycles. The molecule has 122 valence electrons. The van der Waals surface area contributed by atoms with Gasteiger partial charge in [-0.05, 0) is 19.3 Å². The van der Waals surface area contributed by atoms with Crippen LogP contribution in [0.1, 0.15) is 32.6 Å². The van der Waals surface area contributed by atoms with Gasteiger partial charge in [0, 0.05) is 32.1 Å². The summed E-state index contributed by atoms with van der Waals surface area (Å²) in [6, 6.07) is 0. The van der Waals surface area contributed by atoms with E-state index in [0.29, 0.717) is 58.7 Å². The van der Waals surface area contributed by atoms with Gasteiger partial charge in [0.15, 0.2) is 0 Å². The molecule has 0 spiro atoms. The largest absolute Gasteiger partial charge is 0.378 e. The highest BCUT2D eigenvalue weighted by Crippen LogP contribution is 2.22. The Hall–Kier alpha value is -0.660. The fraction of sp³-hybridized carbons (Fsp3) is 0.929. The Labute approximate surface area is 127 Å². The molecule has 21 heavy (non-hydrogen) atoms. The zero-order chi connectivity index (χ0) is 15.3. The number of ether oxygens (including phenoxy) is 1. The van der Waals surface area contributed by atoms with Gasteiger partial charge in [-0.1, -0.05) is 13.3 Å². The Balaban J connectivity index is 1.83. The summed E-state index contributed by atoms with van der Waals surface area (Å²) in [6.45, 7) is 5.48. The van der Waals surface area contributed by atoms with Gasteiger partial charge in [-0.15, -0.1) is 0 Å². The van der Waals surface area contributed by atoms with E-state index >= 15 is 0 Å². The van der Waals surface area contributed by atoms with Crippen LogP contribution in [0, 0.1) is 5.92 Å². The van der Waals surface area contributed by atoms with E-state index < -0.39 is 10.0 Å². The average molecular weight is 318 g/mol. The number of amides is 1. The Morgan fingerprint density at radius 3 is 2.33 bits per heavy atom. The van der Waals surface area contributed by atoms with Gasteiger partial charge in [0.1, 0.15) is 0 Å². The van der Waals surface area contributed by atoms with Crippen molar-refractivity contribution in [2.75, 3.05) is 45.1 Å². The maximum atomic E-state index is 12.4. The summed E-state index contributed by atoms with van der Waals surface area (Å²) in [4.78, 5) is 14.2. The number of sulfonamides is 1. The fourth-order valence-corrected chi connectivity index (χ4v) is 4.56. The molecule has 2 heterocycles. The number of morpholine rings is 1. The predicted molar refractivity (Wildman–Crippen MR) is 80.4 cm³/mol. The standard InChI is InChI=1S/C14H26N2O4S/c1-2-3-12-21(18,19)16-6-4-13(5-7-16)14(17)15-8-10-20-11-9-15/h13H,2-12H2,1H3. The van der Waals surface area contributed by atoms with Crippen molar-refractivity contribution >= 4 is 15.9 Å². The van der Waals surface area contributed by atoms with Crippen molar-refractivity contribution in [2.45, 2.75) is 32.6 Å². The second kappa shape index (κ2) is 7.56. The molecule has 1 amide bonds. The summed E-state index contributed by atoms with van der Waals surface area (Å²) < 4.78 is 31.1. The van der Waals surface area contributed by atoms with Gasteiger partial charge in [0.05, 0.1) is 19.0 Å². The van der Waals surface area contributed by atoms with E-state index in [1.54, 1.807) is 4.31 Å². The number of nitrogens with zero attached hydrogens (tertiary/aromatic N) is 2. The second-order valence-corrected chi connectivity index (χ2v) is 7.87. The van der Waals surface area contributed by atoms with Crippen molar-refractivity contribution in [3.05, 3.63) is 0 Å². The summed E-state index contributed by atoms with van der Waals surface area (Å²) in [5.74, 6) is 0.371. The number of rotatable bonds is 5. The highest BCUT2D eigenvalue weighted by Gasteiger charge is 2.33. The van der Waals surface area contributed by atoms with Crippen LogP contribution in [0.2, 0.25) is 0 Å². The lowest BCUT2D eigenvalue weighted by Gasteiger charge is -2.35.